The summed E-state index contributed by atoms with van der Waals surface area (Å²) in [6, 6.07) is 19.7. The lowest BCUT2D eigenvalue weighted by Gasteiger charge is -2.25. The minimum absolute atomic E-state index is 0.0310. The number of urea groups is 1. The molecule has 0 bridgehead atoms. The highest BCUT2D eigenvalue weighted by atomic mass is 19.1. The van der Waals surface area contributed by atoms with Crippen molar-refractivity contribution in [2.75, 3.05) is 25.6 Å². The van der Waals surface area contributed by atoms with E-state index < -0.39 is 23.9 Å². The lowest BCUT2D eigenvalue weighted by Crippen LogP contribution is -2.40. The Kier molecular flexibility index (Phi) is 8.35. The Balaban J connectivity index is 1.47. The standard InChI is InChI=1S/C28H28FN3O5/c1-3-36-27(33)19-12-14-21(15-13-19)30-28(34)32(17-20-8-4-6-10-24(20)29)18-22-16-25(31-37-22)23-9-5-7-11-26(23)35-2/h4-15,22H,3,16-18H2,1-2H3,(H,30,34)/t22-/m0/s1. The Hall–Kier alpha value is -4.40. The monoisotopic (exact) mass is 505 g/mol. The predicted molar refractivity (Wildman–Crippen MR) is 137 cm³/mol. The van der Waals surface area contributed by atoms with Crippen LogP contribution in [0.1, 0.15) is 34.8 Å². The summed E-state index contributed by atoms with van der Waals surface area (Å²) >= 11 is 0. The summed E-state index contributed by atoms with van der Waals surface area (Å²) in [5.74, 6) is -0.166. The fourth-order valence-corrected chi connectivity index (χ4v) is 3.97. The number of ether oxygens (including phenoxy) is 2. The first-order valence-electron chi connectivity index (χ1n) is 11.9. The molecule has 0 unspecified atom stereocenters. The van der Waals surface area contributed by atoms with Crippen LogP contribution in [0.4, 0.5) is 14.9 Å². The van der Waals surface area contributed by atoms with Crippen molar-refractivity contribution in [1.29, 1.82) is 0 Å². The van der Waals surface area contributed by atoms with E-state index >= 15 is 0 Å². The highest BCUT2D eigenvalue weighted by Crippen LogP contribution is 2.25. The molecule has 0 fully saturated rings. The number of esters is 1. The van der Waals surface area contributed by atoms with Crippen molar-refractivity contribution < 1.29 is 28.3 Å². The van der Waals surface area contributed by atoms with Gasteiger partial charge in [-0.2, -0.15) is 0 Å². The van der Waals surface area contributed by atoms with Gasteiger partial charge in [0.25, 0.3) is 0 Å². The van der Waals surface area contributed by atoms with Crippen LogP contribution >= 0.6 is 0 Å². The summed E-state index contributed by atoms with van der Waals surface area (Å²) in [6.07, 6.45) is 0.0268. The number of rotatable bonds is 9. The molecular formula is C28H28FN3O5. The van der Waals surface area contributed by atoms with Gasteiger partial charge in [0.1, 0.15) is 11.6 Å². The van der Waals surface area contributed by atoms with Gasteiger partial charge in [-0.25, -0.2) is 14.0 Å². The third kappa shape index (κ3) is 6.43. The Morgan fingerprint density at radius 2 is 1.81 bits per heavy atom. The van der Waals surface area contributed by atoms with Crippen LogP contribution in [0, 0.1) is 5.82 Å². The maximum absolute atomic E-state index is 14.4. The minimum atomic E-state index is -0.443. The number of nitrogens with one attached hydrogen (secondary N) is 1. The van der Waals surface area contributed by atoms with Crippen LogP contribution in [-0.2, 0) is 16.1 Å². The molecule has 2 amide bonds. The van der Waals surface area contributed by atoms with E-state index in [4.69, 9.17) is 14.3 Å². The van der Waals surface area contributed by atoms with Crippen molar-refractivity contribution in [3.63, 3.8) is 0 Å². The largest absolute Gasteiger partial charge is 0.496 e. The first kappa shape index (κ1) is 25.7. The molecule has 37 heavy (non-hydrogen) atoms. The number of nitrogens with zero attached hydrogens (tertiary/aromatic N) is 2. The van der Waals surface area contributed by atoms with Crippen LogP contribution in [0.2, 0.25) is 0 Å². The maximum Gasteiger partial charge on any atom is 0.338 e. The van der Waals surface area contributed by atoms with Crippen LogP contribution in [0.15, 0.2) is 78.0 Å². The van der Waals surface area contributed by atoms with E-state index in [-0.39, 0.29) is 19.7 Å². The second-order valence-corrected chi connectivity index (χ2v) is 8.37. The van der Waals surface area contributed by atoms with Crippen LogP contribution in [0.3, 0.4) is 0 Å². The van der Waals surface area contributed by atoms with E-state index in [2.05, 4.69) is 10.5 Å². The van der Waals surface area contributed by atoms with Gasteiger partial charge in [-0.1, -0.05) is 35.5 Å². The molecule has 1 N–H and O–H groups in total. The van der Waals surface area contributed by atoms with Crippen molar-refractivity contribution in [2.45, 2.75) is 26.0 Å². The molecule has 1 aliphatic rings. The van der Waals surface area contributed by atoms with Crippen LogP contribution in [-0.4, -0.2) is 49.0 Å². The van der Waals surface area contributed by atoms with Crippen molar-refractivity contribution >= 4 is 23.4 Å². The fraction of sp³-hybridized carbons (Fsp3) is 0.250. The third-order valence-corrected chi connectivity index (χ3v) is 5.83. The maximum atomic E-state index is 14.4. The van der Waals surface area contributed by atoms with Gasteiger partial charge in [0, 0.05) is 23.2 Å². The van der Waals surface area contributed by atoms with Crippen molar-refractivity contribution in [1.82, 2.24) is 4.90 Å². The van der Waals surface area contributed by atoms with Gasteiger partial charge in [0.15, 0.2) is 6.10 Å². The van der Waals surface area contributed by atoms with Crippen LogP contribution in [0.5, 0.6) is 5.75 Å². The van der Waals surface area contributed by atoms with Crippen molar-refractivity contribution in [3.05, 3.63) is 95.3 Å². The zero-order valence-corrected chi connectivity index (χ0v) is 20.6. The molecule has 0 saturated heterocycles. The number of carbonyl (C=O) groups is 2. The van der Waals surface area contributed by atoms with Crippen molar-refractivity contribution in [3.8, 4) is 5.75 Å². The zero-order valence-electron chi connectivity index (χ0n) is 20.6. The number of benzene rings is 3. The van der Waals surface area contributed by atoms with E-state index in [9.17, 15) is 14.0 Å². The van der Waals surface area contributed by atoms with E-state index in [1.165, 1.54) is 11.0 Å². The normalized spacial score (nSPS) is 14.4. The summed E-state index contributed by atoms with van der Waals surface area (Å²) in [6.45, 7) is 2.20. The molecular weight excluding hydrogens is 477 g/mol. The summed E-state index contributed by atoms with van der Waals surface area (Å²) in [5.41, 5.74) is 2.76. The van der Waals surface area contributed by atoms with Gasteiger partial charge in [-0.3, -0.25) is 0 Å². The van der Waals surface area contributed by atoms with Crippen LogP contribution < -0.4 is 10.1 Å². The molecule has 0 spiro atoms. The molecule has 1 heterocycles. The highest BCUT2D eigenvalue weighted by Gasteiger charge is 2.28. The quantitative estimate of drug-likeness (QED) is 0.402. The van der Waals surface area contributed by atoms with Crippen LogP contribution in [0.25, 0.3) is 0 Å². The number of halogens is 1. The smallest absolute Gasteiger partial charge is 0.338 e. The Morgan fingerprint density at radius 3 is 2.54 bits per heavy atom. The van der Waals surface area contributed by atoms with E-state index in [1.807, 2.05) is 24.3 Å². The second-order valence-electron chi connectivity index (χ2n) is 8.37. The number of oxime groups is 1. The van der Waals surface area contributed by atoms with Gasteiger partial charge in [0.05, 0.1) is 38.1 Å². The van der Waals surface area contributed by atoms with Gasteiger partial charge >= 0.3 is 12.0 Å². The summed E-state index contributed by atoms with van der Waals surface area (Å²) in [7, 11) is 1.59. The minimum Gasteiger partial charge on any atom is -0.496 e. The SMILES string of the molecule is CCOC(=O)c1ccc(NC(=O)N(Cc2ccccc2F)C[C@@H]2CC(c3ccccc3OC)=NO2)cc1. The lowest BCUT2D eigenvalue weighted by atomic mass is 10.0. The molecule has 3 aromatic rings. The summed E-state index contributed by atoms with van der Waals surface area (Å²) in [4.78, 5) is 32.3. The number of para-hydroxylation sites is 1. The number of hydrogen-bond donors (Lipinski definition) is 1. The zero-order chi connectivity index (χ0) is 26.2. The van der Waals surface area contributed by atoms with Crippen molar-refractivity contribution in [2.24, 2.45) is 5.16 Å². The molecule has 1 atom stereocenters. The summed E-state index contributed by atoms with van der Waals surface area (Å²) in [5, 5.41) is 7.03. The number of methoxy groups -OCH3 is 1. The summed E-state index contributed by atoms with van der Waals surface area (Å²) < 4.78 is 24.9. The van der Waals surface area contributed by atoms with Gasteiger partial charge in [-0.05, 0) is 49.4 Å². The third-order valence-electron chi connectivity index (χ3n) is 5.83. The number of carbonyl (C=O) groups excluding carboxylic acids is 2. The van der Waals surface area contributed by atoms with Gasteiger partial charge in [-0.15, -0.1) is 0 Å². The average Bonchev–Trinajstić information content (AvgIpc) is 3.38. The number of hydrogen-bond acceptors (Lipinski definition) is 6. The first-order chi connectivity index (χ1) is 18.0. The first-order valence-corrected chi connectivity index (χ1v) is 11.9. The number of anilines is 1. The average molecular weight is 506 g/mol. The lowest BCUT2D eigenvalue weighted by molar-refractivity contribution is 0.0526. The molecule has 3 aromatic carbocycles. The van der Waals surface area contributed by atoms with E-state index in [1.54, 1.807) is 56.5 Å². The molecule has 8 nitrogen and oxygen atoms in total. The highest BCUT2D eigenvalue weighted by molar-refractivity contribution is 6.03. The molecule has 4 rings (SSSR count). The molecule has 0 saturated carbocycles. The van der Waals surface area contributed by atoms with Gasteiger partial charge < -0.3 is 24.5 Å². The molecule has 0 aromatic heterocycles. The topological polar surface area (TPSA) is 89.5 Å². The second kappa shape index (κ2) is 12.0. The van der Waals surface area contributed by atoms with Gasteiger partial charge in [0.2, 0.25) is 0 Å². The van der Waals surface area contributed by atoms with E-state index in [0.717, 1.165) is 5.56 Å². The molecule has 0 radical (unpaired) electrons. The predicted octanol–water partition coefficient (Wildman–Crippen LogP) is 5.24. The Morgan fingerprint density at radius 1 is 1.08 bits per heavy atom. The van der Waals surface area contributed by atoms with E-state index in [0.29, 0.717) is 34.7 Å². The Bertz CT molecular complexity index is 1280. The molecule has 192 valence electrons. The molecule has 9 heteroatoms. The molecule has 0 aliphatic carbocycles. The fourth-order valence-electron chi connectivity index (χ4n) is 3.97. The number of amides is 2. The molecule has 1 aliphatic heterocycles. The Labute approximate surface area is 214 Å².